The van der Waals surface area contributed by atoms with Gasteiger partial charge in [-0.1, -0.05) is 0 Å². The zero-order valence-corrected chi connectivity index (χ0v) is 16.0. The summed E-state index contributed by atoms with van der Waals surface area (Å²) in [6.45, 7) is 8.06. The summed E-state index contributed by atoms with van der Waals surface area (Å²) in [5, 5.41) is 0. The van der Waals surface area contributed by atoms with Gasteiger partial charge in [-0.25, -0.2) is 19.9 Å². The Kier molecular flexibility index (Phi) is 4.30. The quantitative estimate of drug-likeness (QED) is 0.824. The van der Waals surface area contributed by atoms with Gasteiger partial charge in [-0.05, 0) is 32.6 Å². The smallest absolute Gasteiger partial charge is 0.134 e. The molecule has 2 aromatic rings. The third-order valence-corrected chi connectivity index (χ3v) is 5.84. The van der Waals surface area contributed by atoms with Crippen LogP contribution in [0.2, 0.25) is 0 Å². The summed E-state index contributed by atoms with van der Waals surface area (Å²) in [5.41, 5.74) is 1.21. The van der Waals surface area contributed by atoms with Gasteiger partial charge in [0.1, 0.15) is 29.6 Å². The van der Waals surface area contributed by atoms with Crippen molar-refractivity contribution in [3.63, 3.8) is 0 Å². The van der Waals surface area contributed by atoms with Crippen LogP contribution in [-0.2, 0) is 0 Å². The minimum Gasteiger partial charge on any atom is -0.356 e. The van der Waals surface area contributed by atoms with Gasteiger partial charge < -0.3 is 14.7 Å². The summed E-state index contributed by atoms with van der Waals surface area (Å²) in [5.74, 6) is 4.75. The van der Waals surface area contributed by atoms with E-state index in [1.54, 1.807) is 6.33 Å². The van der Waals surface area contributed by atoms with Crippen molar-refractivity contribution in [2.24, 2.45) is 0 Å². The number of aromatic nitrogens is 4. The van der Waals surface area contributed by atoms with E-state index in [1.807, 2.05) is 6.92 Å². The number of hydrogen-bond donors (Lipinski definition) is 0. The minimum atomic E-state index is 0.668. The summed E-state index contributed by atoms with van der Waals surface area (Å²) >= 11 is 0. The second kappa shape index (κ2) is 6.94. The summed E-state index contributed by atoms with van der Waals surface area (Å²) in [6, 6.07) is 4.36. The van der Waals surface area contributed by atoms with Crippen molar-refractivity contribution >= 4 is 17.5 Å². The van der Waals surface area contributed by atoms with Crippen molar-refractivity contribution < 1.29 is 0 Å². The van der Waals surface area contributed by atoms with Gasteiger partial charge in [0.05, 0.1) is 0 Å². The van der Waals surface area contributed by atoms with Gasteiger partial charge in [0.25, 0.3) is 0 Å². The summed E-state index contributed by atoms with van der Waals surface area (Å²) in [7, 11) is 0. The van der Waals surface area contributed by atoms with E-state index < -0.39 is 0 Å². The fourth-order valence-corrected chi connectivity index (χ4v) is 4.11. The predicted octanol–water partition coefficient (Wildman–Crippen LogP) is 2.38. The van der Waals surface area contributed by atoms with Gasteiger partial charge >= 0.3 is 0 Å². The van der Waals surface area contributed by atoms with Crippen LogP contribution in [0.25, 0.3) is 0 Å². The Morgan fingerprint density at radius 3 is 1.96 bits per heavy atom. The van der Waals surface area contributed by atoms with Crippen LogP contribution >= 0.6 is 0 Å². The van der Waals surface area contributed by atoms with Crippen molar-refractivity contribution in [3.8, 4) is 0 Å². The molecule has 0 unspecified atom stereocenters. The van der Waals surface area contributed by atoms with Gasteiger partial charge in [-0.15, -0.1) is 0 Å². The average Bonchev–Trinajstić information content (AvgIpc) is 3.42. The molecule has 2 aliphatic heterocycles. The van der Waals surface area contributed by atoms with Gasteiger partial charge in [-0.3, -0.25) is 0 Å². The second-order valence-corrected chi connectivity index (χ2v) is 7.88. The Morgan fingerprint density at radius 2 is 1.33 bits per heavy atom. The molecule has 1 saturated carbocycles. The van der Waals surface area contributed by atoms with E-state index in [4.69, 9.17) is 4.98 Å². The Morgan fingerprint density at radius 1 is 0.741 bits per heavy atom. The Bertz CT molecular complexity index is 806. The largest absolute Gasteiger partial charge is 0.356 e. The maximum Gasteiger partial charge on any atom is 0.134 e. The molecular formula is C20H27N7. The lowest BCUT2D eigenvalue weighted by molar-refractivity contribution is 0.638. The predicted molar refractivity (Wildman–Crippen MR) is 107 cm³/mol. The van der Waals surface area contributed by atoms with Crippen molar-refractivity contribution in [3.05, 3.63) is 30.0 Å². The first-order valence-corrected chi connectivity index (χ1v) is 10.2. The molecule has 142 valence electrons. The van der Waals surface area contributed by atoms with Crippen LogP contribution in [0.3, 0.4) is 0 Å². The standard InChI is InChI=1S/C20H27N7/c1-15-23-19(25-6-2-3-7-25)13-20(24-15)27-10-8-26(9-11-27)18-12-17(16-4-5-16)21-14-22-18/h12-14,16H,2-11H2,1H3. The zero-order valence-electron chi connectivity index (χ0n) is 16.0. The molecule has 2 aromatic heterocycles. The maximum atomic E-state index is 4.72. The molecule has 1 aliphatic carbocycles. The number of hydrogen-bond acceptors (Lipinski definition) is 7. The van der Waals surface area contributed by atoms with Crippen molar-refractivity contribution in [1.29, 1.82) is 0 Å². The van der Waals surface area contributed by atoms with E-state index in [-0.39, 0.29) is 0 Å². The van der Waals surface area contributed by atoms with Crippen LogP contribution in [0, 0.1) is 6.92 Å². The van der Waals surface area contributed by atoms with Crippen LogP contribution < -0.4 is 14.7 Å². The number of anilines is 3. The van der Waals surface area contributed by atoms with Crippen LogP contribution in [0.15, 0.2) is 18.5 Å². The van der Waals surface area contributed by atoms with E-state index >= 15 is 0 Å². The number of piperazine rings is 1. The molecule has 0 amide bonds. The molecule has 3 fully saturated rings. The van der Waals surface area contributed by atoms with Crippen LogP contribution in [0.4, 0.5) is 17.5 Å². The highest BCUT2D eigenvalue weighted by Gasteiger charge is 2.27. The number of nitrogens with zero attached hydrogens (tertiary/aromatic N) is 7. The lowest BCUT2D eigenvalue weighted by Gasteiger charge is -2.36. The van der Waals surface area contributed by atoms with Crippen LogP contribution in [0.5, 0.6) is 0 Å². The van der Waals surface area contributed by atoms with Crippen LogP contribution in [0.1, 0.15) is 43.1 Å². The van der Waals surface area contributed by atoms with Crippen molar-refractivity contribution in [2.75, 3.05) is 54.0 Å². The average molecular weight is 365 g/mol. The Labute approximate surface area is 160 Å². The fraction of sp³-hybridized carbons (Fsp3) is 0.600. The first-order valence-electron chi connectivity index (χ1n) is 10.2. The molecule has 4 heterocycles. The highest BCUT2D eigenvalue weighted by atomic mass is 15.3. The topological polar surface area (TPSA) is 61.3 Å². The molecule has 0 atom stereocenters. The first-order chi connectivity index (χ1) is 13.3. The molecule has 0 aromatic carbocycles. The van der Waals surface area contributed by atoms with E-state index in [0.29, 0.717) is 5.92 Å². The van der Waals surface area contributed by atoms with Gasteiger partial charge in [0.2, 0.25) is 0 Å². The highest BCUT2D eigenvalue weighted by Crippen LogP contribution is 2.39. The first kappa shape index (κ1) is 16.7. The third-order valence-electron chi connectivity index (χ3n) is 5.84. The molecular weight excluding hydrogens is 338 g/mol. The second-order valence-electron chi connectivity index (χ2n) is 7.88. The Hall–Kier alpha value is -2.44. The maximum absolute atomic E-state index is 4.72. The van der Waals surface area contributed by atoms with E-state index in [1.165, 1.54) is 31.4 Å². The van der Waals surface area contributed by atoms with E-state index in [2.05, 4.69) is 41.8 Å². The molecule has 27 heavy (non-hydrogen) atoms. The monoisotopic (exact) mass is 365 g/mol. The normalized spacial score (nSPS) is 20.4. The Balaban J connectivity index is 1.28. The molecule has 0 bridgehead atoms. The SMILES string of the molecule is Cc1nc(N2CCCC2)cc(N2CCN(c3cc(C4CC4)ncn3)CC2)n1. The molecule has 3 aliphatic rings. The summed E-state index contributed by atoms with van der Waals surface area (Å²) in [4.78, 5) is 25.5. The van der Waals surface area contributed by atoms with Gasteiger partial charge in [0.15, 0.2) is 0 Å². The molecule has 0 N–H and O–H groups in total. The lowest BCUT2D eigenvalue weighted by Crippen LogP contribution is -2.47. The molecule has 7 nitrogen and oxygen atoms in total. The lowest BCUT2D eigenvalue weighted by atomic mass is 10.2. The molecule has 0 spiro atoms. The summed E-state index contributed by atoms with van der Waals surface area (Å²) < 4.78 is 0. The van der Waals surface area contributed by atoms with Crippen LogP contribution in [-0.4, -0.2) is 59.2 Å². The zero-order chi connectivity index (χ0) is 18.2. The highest BCUT2D eigenvalue weighted by molar-refractivity contribution is 5.53. The number of aryl methyl sites for hydroxylation is 1. The van der Waals surface area contributed by atoms with Crippen molar-refractivity contribution in [2.45, 2.75) is 38.5 Å². The van der Waals surface area contributed by atoms with E-state index in [0.717, 1.165) is 62.5 Å². The van der Waals surface area contributed by atoms with E-state index in [9.17, 15) is 0 Å². The molecule has 2 saturated heterocycles. The minimum absolute atomic E-state index is 0.668. The molecule has 5 rings (SSSR count). The summed E-state index contributed by atoms with van der Waals surface area (Å²) in [6.07, 6.45) is 6.80. The molecule has 0 radical (unpaired) electrons. The third kappa shape index (κ3) is 3.55. The molecule has 7 heteroatoms. The van der Waals surface area contributed by atoms with Gasteiger partial charge in [0, 0.05) is 63.0 Å². The van der Waals surface area contributed by atoms with Gasteiger partial charge in [-0.2, -0.15) is 0 Å². The fourth-order valence-electron chi connectivity index (χ4n) is 4.11. The number of rotatable bonds is 4. The van der Waals surface area contributed by atoms with Crippen molar-refractivity contribution in [1.82, 2.24) is 19.9 Å².